The predicted molar refractivity (Wildman–Crippen MR) is 87.3 cm³/mol. The Morgan fingerprint density at radius 1 is 1.26 bits per heavy atom. The average molecular weight is 383 g/mol. The largest absolute Gasteiger partial charge is 0.390 e. The second-order valence-corrected chi connectivity index (χ2v) is 10.1. The Balaban J connectivity index is 2.55. The van der Waals surface area contributed by atoms with Crippen molar-refractivity contribution in [2.24, 2.45) is 0 Å². The summed E-state index contributed by atoms with van der Waals surface area (Å²) in [6, 6.07) is 3.40. The number of benzene rings is 1. The Morgan fingerprint density at radius 3 is 2.35 bits per heavy atom. The minimum atomic E-state index is -4.07. The Labute approximate surface area is 141 Å². The number of rotatable bonds is 4. The maximum Gasteiger partial charge on any atom is 0.256 e. The topological polar surface area (TPSA) is 95.0 Å². The SMILES string of the molecule is Cc1ccc(Cl)cc1S(=O)(=O)N([C@@H]1CS(=O)(=O)C[C@@H]1O)N(C)C. The molecule has 1 aromatic carbocycles. The fourth-order valence-electron chi connectivity index (χ4n) is 2.66. The van der Waals surface area contributed by atoms with Crippen molar-refractivity contribution in [1.29, 1.82) is 0 Å². The fraction of sp³-hybridized carbons (Fsp3) is 0.538. The lowest BCUT2D eigenvalue weighted by molar-refractivity contribution is 0.0271. The first-order chi connectivity index (χ1) is 10.5. The number of halogens is 1. The molecule has 1 N–H and O–H groups in total. The molecule has 130 valence electrons. The highest BCUT2D eigenvalue weighted by molar-refractivity contribution is 7.92. The summed E-state index contributed by atoms with van der Waals surface area (Å²) in [6.45, 7) is 1.62. The number of hydrazine groups is 1. The van der Waals surface area contributed by atoms with Crippen LogP contribution in [0, 0.1) is 6.92 Å². The highest BCUT2D eigenvalue weighted by Crippen LogP contribution is 2.29. The van der Waals surface area contributed by atoms with Crippen LogP contribution in [0.3, 0.4) is 0 Å². The molecule has 1 aliphatic rings. The molecule has 0 bridgehead atoms. The molecule has 7 nitrogen and oxygen atoms in total. The van der Waals surface area contributed by atoms with Crippen LogP contribution >= 0.6 is 11.6 Å². The van der Waals surface area contributed by atoms with E-state index in [1.165, 1.54) is 25.2 Å². The third-order valence-electron chi connectivity index (χ3n) is 3.65. The van der Waals surface area contributed by atoms with Crippen LogP contribution in [0.15, 0.2) is 23.1 Å². The Hall–Kier alpha value is -0.710. The number of nitrogens with zero attached hydrogens (tertiary/aromatic N) is 2. The van der Waals surface area contributed by atoms with Crippen LogP contribution in [0.2, 0.25) is 5.02 Å². The van der Waals surface area contributed by atoms with Gasteiger partial charge in [-0.25, -0.2) is 21.8 Å². The zero-order chi connectivity index (χ0) is 17.6. The van der Waals surface area contributed by atoms with Crippen molar-refractivity contribution in [2.45, 2.75) is 24.0 Å². The molecule has 0 radical (unpaired) electrons. The molecular weight excluding hydrogens is 364 g/mol. The smallest absolute Gasteiger partial charge is 0.256 e. The zero-order valence-electron chi connectivity index (χ0n) is 13.0. The van der Waals surface area contributed by atoms with Gasteiger partial charge in [0.05, 0.1) is 28.5 Å². The van der Waals surface area contributed by atoms with Crippen LogP contribution in [0.5, 0.6) is 0 Å². The van der Waals surface area contributed by atoms with Gasteiger partial charge < -0.3 is 5.11 Å². The third-order valence-corrected chi connectivity index (χ3v) is 7.67. The van der Waals surface area contributed by atoms with E-state index in [9.17, 15) is 21.9 Å². The van der Waals surface area contributed by atoms with E-state index in [4.69, 9.17) is 11.6 Å². The predicted octanol–water partition coefficient (Wildman–Crippen LogP) is 0.274. The zero-order valence-corrected chi connectivity index (χ0v) is 15.4. The highest BCUT2D eigenvalue weighted by atomic mass is 35.5. The summed E-state index contributed by atoms with van der Waals surface area (Å²) in [5.74, 6) is -0.878. The molecule has 0 aromatic heterocycles. The van der Waals surface area contributed by atoms with Gasteiger partial charge in [-0.3, -0.25) is 0 Å². The molecular formula is C13H19ClN2O5S2. The molecule has 0 amide bonds. The average Bonchev–Trinajstić information content (AvgIpc) is 2.65. The van der Waals surface area contributed by atoms with Crippen molar-refractivity contribution in [3.8, 4) is 0 Å². The Bertz CT molecular complexity index is 808. The minimum absolute atomic E-state index is 0.0183. The van der Waals surface area contributed by atoms with E-state index in [2.05, 4.69) is 0 Å². The highest BCUT2D eigenvalue weighted by Gasteiger charge is 2.46. The number of aliphatic hydroxyl groups is 1. The molecule has 2 atom stereocenters. The number of hydrogen-bond donors (Lipinski definition) is 1. The summed E-state index contributed by atoms with van der Waals surface area (Å²) in [5, 5.41) is 11.6. The van der Waals surface area contributed by atoms with Crippen LogP contribution in [0.1, 0.15) is 5.56 Å². The van der Waals surface area contributed by atoms with E-state index in [1.54, 1.807) is 19.1 Å². The molecule has 1 fully saturated rings. The molecule has 2 rings (SSSR count). The molecule has 10 heteroatoms. The Kier molecular flexibility index (Phi) is 5.10. The van der Waals surface area contributed by atoms with Gasteiger partial charge in [-0.1, -0.05) is 17.7 Å². The molecule has 1 aromatic rings. The minimum Gasteiger partial charge on any atom is -0.390 e. The van der Waals surface area contributed by atoms with E-state index in [1.807, 2.05) is 0 Å². The second kappa shape index (κ2) is 6.30. The maximum absolute atomic E-state index is 13.0. The van der Waals surface area contributed by atoms with Crippen molar-refractivity contribution >= 4 is 31.5 Å². The number of sulfonamides is 1. The van der Waals surface area contributed by atoms with E-state index in [0.29, 0.717) is 5.56 Å². The third kappa shape index (κ3) is 3.70. The van der Waals surface area contributed by atoms with Crippen molar-refractivity contribution in [2.75, 3.05) is 25.6 Å². The number of sulfone groups is 1. The van der Waals surface area contributed by atoms with Gasteiger partial charge in [0.25, 0.3) is 10.0 Å². The normalized spacial score (nSPS) is 24.5. The summed E-state index contributed by atoms with van der Waals surface area (Å²) < 4.78 is 50.4. The van der Waals surface area contributed by atoms with Crippen molar-refractivity contribution in [1.82, 2.24) is 9.42 Å². The van der Waals surface area contributed by atoms with Crippen LogP contribution < -0.4 is 0 Å². The van der Waals surface area contributed by atoms with Gasteiger partial charge in [-0.15, -0.1) is 4.41 Å². The summed E-state index contributed by atoms with van der Waals surface area (Å²) in [7, 11) is -4.60. The van der Waals surface area contributed by atoms with E-state index >= 15 is 0 Å². The molecule has 1 saturated heterocycles. The molecule has 23 heavy (non-hydrogen) atoms. The van der Waals surface area contributed by atoms with Gasteiger partial charge in [0.15, 0.2) is 9.84 Å². The lowest BCUT2D eigenvalue weighted by atomic mass is 10.2. The molecule has 0 spiro atoms. The summed E-state index contributed by atoms with van der Waals surface area (Å²) >= 11 is 5.90. The van der Waals surface area contributed by atoms with E-state index < -0.39 is 43.5 Å². The van der Waals surface area contributed by atoms with E-state index in [0.717, 1.165) is 4.41 Å². The lowest BCUT2D eigenvalue weighted by Gasteiger charge is -2.34. The molecule has 0 aliphatic carbocycles. The number of aliphatic hydroxyl groups excluding tert-OH is 1. The molecule has 1 aliphatic heterocycles. The van der Waals surface area contributed by atoms with Crippen molar-refractivity contribution < 1.29 is 21.9 Å². The van der Waals surface area contributed by atoms with Gasteiger partial charge in [0.1, 0.15) is 0 Å². The summed E-state index contributed by atoms with van der Waals surface area (Å²) in [4.78, 5) is -0.0183. The summed E-state index contributed by atoms with van der Waals surface area (Å²) in [6.07, 6.45) is -1.28. The van der Waals surface area contributed by atoms with E-state index in [-0.39, 0.29) is 9.92 Å². The molecule has 1 heterocycles. The van der Waals surface area contributed by atoms with Crippen LogP contribution in [-0.2, 0) is 19.9 Å². The second-order valence-electron chi connectivity index (χ2n) is 5.75. The Morgan fingerprint density at radius 2 is 1.87 bits per heavy atom. The molecule has 0 unspecified atom stereocenters. The van der Waals surface area contributed by atoms with Gasteiger partial charge in [0.2, 0.25) is 0 Å². The quantitative estimate of drug-likeness (QED) is 0.751. The first-order valence-corrected chi connectivity index (χ1v) is 10.5. The summed E-state index contributed by atoms with van der Waals surface area (Å²) in [5.41, 5.74) is 0.483. The molecule has 0 saturated carbocycles. The van der Waals surface area contributed by atoms with Crippen LogP contribution in [0.4, 0.5) is 0 Å². The first-order valence-electron chi connectivity index (χ1n) is 6.82. The van der Waals surface area contributed by atoms with Gasteiger partial charge >= 0.3 is 0 Å². The van der Waals surface area contributed by atoms with Crippen LogP contribution in [0.25, 0.3) is 0 Å². The maximum atomic E-state index is 13.0. The van der Waals surface area contributed by atoms with Crippen molar-refractivity contribution in [3.05, 3.63) is 28.8 Å². The van der Waals surface area contributed by atoms with Gasteiger partial charge in [0, 0.05) is 19.1 Å². The number of aryl methyl sites for hydroxylation is 1. The first kappa shape index (κ1) is 18.6. The monoisotopic (exact) mass is 382 g/mol. The van der Waals surface area contributed by atoms with Crippen LogP contribution in [-0.4, -0.2) is 69.1 Å². The van der Waals surface area contributed by atoms with Crippen molar-refractivity contribution in [3.63, 3.8) is 0 Å². The van der Waals surface area contributed by atoms with Gasteiger partial charge in [-0.05, 0) is 24.6 Å². The lowest BCUT2D eigenvalue weighted by Crippen LogP contribution is -2.53. The fourth-order valence-corrected chi connectivity index (χ4v) is 6.71. The van der Waals surface area contributed by atoms with Gasteiger partial charge in [-0.2, -0.15) is 0 Å². The number of hydrogen-bond acceptors (Lipinski definition) is 6. The standard InChI is InChI=1S/C13H19ClN2O5S2/c1-9-4-5-10(14)6-13(9)23(20,21)16(15(2)3)11-7-22(18,19)8-12(11)17/h4-6,11-12,17H,7-8H2,1-3H3/t11-,12+/m1/s1.